The van der Waals surface area contributed by atoms with Gasteiger partial charge in [0.1, 0.15) is 11.4 Å². The summed E-state index contributed by atoms with van der Waals surface area (Å²) in [6.07, 6.45) is 6.95. The molecule has 1 aliphatic heterocycles. The van der Waals surface area contributed by atoms with Gasteiger partial charge in [0.15, 0.2) is 0 Å². The summed E-state index contributed by atoms with van der Waals surface area (Å²) in [4.78, 5) is 14.0. The highest BCUT2D eigenvalue weighted by Gasteiger charge is 2.30. The Kier molecular flexibility index (Phi) is 6.30. The van der Waals surface area contributed by atoms with Crippen LogP contribution in [0.25, 0.3) is 5.57 Å². The number of benzene rings is 1. The van der Waals surface area contributed by atoms with E-state index in [1.807, 2.05) is 20.8 Å². The molecule has 1 aromatic carbocycles. The van der Waals surface area contributed by atoms with E-state index in [2.05, 4.69) is 51.1 Å². The monoisotopic (exact) mass is 399 g/mol. The summed E-state index contributed by atoms with van der Waals surface area (Å²) in [7, 11) is 0. The molecule has 1 saturated carbocycles. The Morgan fingerprint density at radius 1 is 0.966 bits per heavy atom. The lowest BCUT2D eigenvalue weighted by molar-refractivity contribution is 0.0306. The molecule has 0 atom stereocenters. The van der Waals surface area contributed by atoms with Crippen molar-refractivity contribution in [1.82, 2.24) is 4.90 Å². The zero-order valence-electron chi connectivity index (χ0n) is 19.0. The average molecular weight is 400 g/mol. The average Bonchev–Trinajstić information content (AvgIpc) is 3.11. The zero-order chi connectivity index (χ0) is 21.2. The number of nitrogens with zero attached hydrogens (tertiary/aromatic N) is 1. The van der Waals surface area contributed by atoms with Gasteiger partial charge in [-0.1, -0.05) is 39.0 Å². The Bertz CT molecular complexity index is 729. The van der Waals surface area contributed by atoms with Gasteiger partial charge < -0.3 is 14.4 Å². The molecule has 160 valence electrons. The van der Waals surface area contributed by atoms with Gasteiger partial charge in [-0.2, -0.15) is 0 Å². The Hall–Kier alpha value is -1.97. The van der Waals surface area contributed by atoms with Gasteiger partial charge in [0.2, 0.25) is 0 Å². The third kappa shape index (κ3) is 6.01. The molecular weight excluding hydrogens is 362 g/mol. The number of ether oxygens (including phenoxy) is 2. The molecule has 1 aliphatic carbocycles. The standard InChI is InChI=1S/C25H37NO3/c1-24(2,3)20-9-13-22(14-10-20)28-21-11-7-18(8-12-21)19-15-16-26(17-19)23(27)29-25(4,5)6/h7-8,11-12,15,20,22H,9-10,13-14,16-17H2,1-6H3/t20-,22-. The quantitative estimate of drug-likeness (QED) is 0.598. The van der Waals surface area contributed by atoms with Crippen LogP contribution in [0.1, 0.15) is 72.8 Å². The predicted molar refractivity (Wildman–Crippen MR) is 118 cm³/mol. The largest absolute Gasteiger partial charge is 0.490 e. The van der Waals surface area contributed by atoms with Crippen LogP contribution in [0.5, 0.6) is 5.75 Å². The first-order chi connectivity index (χ1) is 13.5. The van der Waals surface area contributed by atoms with E-state index in [0.29, 0.717) is 24.6 Å². The zero-order valence-corrected chi connectivity index (χ0v) is 19.0. The van der Waals surface area contributed by atoms with Crippen LogP contribution in [-0.4, -0.2) is 35.8 Å². The highest BCUT2D eigenvalue weighted by molar-refractivity contribution is 5.77. The molecule has 4 nitrogen and oxygen atoms in total. The van der Waals surface area contributed by atoms with Crippen LogP contribution in [0.15, 0.2) is 30.3 Å². The molecule has 0 saturated heterocycles. The Labute approximate surface area is 176 Å². The molecular formula is C25H37NO3. The van der Waals surface area contributed by atoms with Crippen molar-refractivity contribution in [3.63, 3.8) is 0 Å². The van der Waals surface area contributed by atoms with Crippen molar-refractivity contribution in [3.05, 3.63) is 35.9 Å². The number of amides is 1. The molecule has 0 radical (unpaired) electrons. The van der Waals surface area contributed by atoms with E-state index < -0.39 is 5.60 Å². The summed E-state index contributed by atoms with van der Waals surface area (Å²) in [5.74, 6) is 1.74. The van der Waals surface area contributed by atoms with Gasteiger partial charge in [0.25, 0.3) is 0 Å². The molecule has 3 rings (SSSR count). The molecule has 1 fully saturated rings. The third-order valence-corrected chi connectivity index (χ3v) is 6.00. The first-order valence-electron chi connectivity index (χ1n) is 11.0. The SMILES string of the molecule is CC(C)(C)OC(=O)N1CC=C(c2ccc(O[C@H]3CC[C@H](C(C)(C)C)CC3)cc2)C1. The smallest absolute Gasteiger partial charge is 0.410 e. The van der Waals surface area contributed by atoms with Crippen molar-refractivity contribution >= 4 is 11.7 Å². The van der Waals surface area contributed by atoms with Gasteiger partial charge in [-0.05, 0) is 81.1 Å². The molecule has 2 aliphatic rings. The van der Waals surface area contributed by atoms with Crippen molar-refractivity contribution in [3.8, 4) is 5.75 Å². The molecule has 0 spiro atoms. The van der Waals surface area contributed by atoms with Crippen LogP contribution in [0.4, 0.5) is 4.79 Å². The van der Waals surface area contributed by atoms with E-state index in [-0.39, 0.29) is 6.09 Å². The highest BCUT2D eigenvalue weighted by atomic mass is 16.6. The second-order valence-corrected chi connectivity index (χ2v) is 10.6. The first-order valence-corrected chi connectivity index (χ1v) is 11.0. The van der Waals surface area contributed by atoms with Gasteiger partial charge >= 0.3 is 6.09 Å². The summed E-state index contributed by atoms with van der Waals surface area (Å²) in [6.45, 7) is 13.9. The molecule has 0 N–H and O–H groups in total. The first kappa shape index (κ1) is 21.7. The van der Waals surface area contributed by atoms with Crippen molar-refractivity contribution in [2.24, 2.45) is 11.3 Å². The number of hydrogen-bond acceptors (Lipinski definition) is 3. The normalized spacial score (nSPS) is 23.0. The lowest BCUT2D eigenvalue weighted by Gasteiger charge is -2.36. The van der Waals surface area contributed by atoms with E-state index in [1.165, 1.54) is 12.8 Å². The van der Waals surface area contributed by atoms with Crippen LogP contribution >= 0.6 is 0 Å². The molecule has 1 heterocycles. The second kappa shape index (κ2) is 8.41. The summed E-state index contributed by atoms with van der Waals surface area (Å²) < 4.78 is 11.7. The fraction of sp³-hybridized carbons (Fsp3) is 0.640. The molecule has 4 heteroatoms. The minimum absolute atomic E-state index is 0.255. The van der Waals surface area contributed by atoms with E-state index in [4.69, 9.17) is 9.47 Å². The lowest BCUT2D eigenvalue weighted by Crippen LogP contribution is -2.35. The van der Waals surface area contributed by atoms with Gasteiger partial charge in [-0.25, -0.2) is 4.79 Å². The van der Waals surface area contributed by atoms with E-state index in [1.54, 1.807) is 4.90 Å². The molecule has 1 amide bonds. The van der Waals surface area contributed by atoms with Gasteiger partial charge in [-0.3, -0.25) is 0 Å². The molecule has 0 unspecified atom stereocenters. The van der Waals surface area contributed by atoms with Crippen LogP contribution in [0, 0.1) is 11.3 Å². The van der Waals surface area contributed by atoms with Crippen LogP contribution in [0.2, 0.25) is 0 Å². The number of carbonyl (C=O) groups is 1. The minimum Gasteiger partial charge on any atom is -0.490 e. The molecule has 0 aromatic heterocycles. The maximum absolute atomic E-state index is 12.2. The second-order valence-electron chi connectivity index (χ2n) is 10.6. The predicted octanol–water partition coefficient (Wildman–Crippen LogP) is 6.30. The minimum atomic E-state index is -0.467. The lowest BCUT2D eigenvalue weighted by atomic mass is 9.72. The van der Waals surface area contributed by atoms with Gasteiger partial charge in [0, 0.05) is 13.1 Å². The van der Waals surface area contributed by atoms with E-state index in [0.717, 1.165) is 35.6 Å². The summed E-state index contributed by atoms with van der Waals surface area (Å²) >= 11 is 0. The van der Waals surface area contributed by atoms with Gasteiger partial charge in [-0.15, -0.1) is 0 Å². The summed E-state index contributed by atoms with van der Waals surface area (Å²) in [5.41, 5.74) is 2.23. The fourth-order valence-electron chi connectivity index (χ4n) is 4.22. The summed E-state index contributed by atoms with van der Waals surface area (Å²) in [6, 6.07) is 8.31. The number of carbonyl (C=O) groups excluding carboxylic acids is 1. The highest BCUT2D eigenvalue weighted by Crippen LogP contribution is 2.38. The Morgan fingerprint density at radius 3 is 2.14 bits per heavy atom. The third-order valence-electron chi connectivity index (χ3n) is 6.00. The van der Waals surface area contributed by atoms with Crippen molar-refractivity contribution < 1.29 is 14.3 Å². The molecule has 0 bridgehead atoms. The van der Waals surface area contributed by atoms with E-state index in [9.17, 15) is 4.79 Å². The maximum Gasteiger partial charge on any atom is 0.410 e. The Balaban J connectivity index is 1.50. The molecule has 1 aromatic rings. The van der Waals surface area contributed by atoms with Crippen LogP contribution in [0.3, 0.4) is 0 Å². The fourth-order valence-corrected chi connectivity index (χ4v) is 4.22. The van der Waals surface area contributed by atoms with Crippen LogP contribution < -0.4 is 4.74 Å². The van der Waals surface area contributed by atoms with Crippen molar-refractivity contribution in [2.75, 3.05) is 13.1 Å². The van der Waals surface area contributed by atoms with E-state index >= 15 is 0 Å². The maximum atomic E-state index is 12.2. The Morgan fingerprint density at radius 2 is 1.59 bits per heavy atom. The number of hydrogen-bond donors (Lipinski definition) is 0. The number of rotatable bonds is 3. The van der Waals surface area contributed by atoms with Gasteiger partial charge in [0.05, 0.1) is 6.10 Å². The molecule has 29 heavy (non-hydrogen) atoms. The van der Waals surface area contributed by atoms with Crippen molar-refractivity contribution in [2.45, 2.75) is 78.9 Å². The summed E-state index contributed by atoms with van der Waals surface area (Å²) in [5, 5.41) is 0. The topological polar surface area (TPSA) is 38.8 Å². The van der Waals surface area contributed by atoms with Crippen LogP contribution in [-0.2, 0) is 4.74 Å². The van der Waals surface area contributed by atoms with Crippen molar-refractivity contribution in [1.29, 1.82) is 0 Å².